The maximum Gasteiger partial charge on any atom is 0.239 e. The number of carbonyl (C=O) groups excluding carboxylic acids is 2. The van der Waals surface area contributed by atoms with Gasteiger partial charge in [0.25, 0.3) is 0 Å². The number of likely N-dealkylation sites (N-methyl/N-ethyl adjacent to an activating group) is 1. The van der Waals surface area contributed by atoms with Gasteiger partial charge in [0.1, 0.15) is 0 Å². The summed E-state index contributed by atoms with van der Waals surface area (Å²) in [5.74, 6) is -0.244. The molecule has 0 aromatic heterocycles. The average molecular weight is 229 g/mol. The van der Waals surface area contributed by atoms with E-state index in [1.54, 1.807) is 20.9 Å². The second-order valence-electron chi connectivity index (χ2n) is 4.77. The molecule has 16 heavy (non-hydrogen) atoms. The third kappa shape index (κ3) is 7.23. The highest BCUT2D eigenvalue weighted by atomic mass is 16.2. The summed E-state index contributed by atoms with van der Waals surface area (Å²) in [6.07, 6.45) is 1.13. The molecule has 3 N–H and O–H groups in total. The lowest BCUT2D eigenvalue weighted by Crippen LogP contribution is -2.43. The molecule has 0 bridgehead atoms. The highest BCUT2D eigenvalue weighted by Crippen LogP contribution is 2.05. The van der Waals surface area contributed by atoms with Gasteiger partial charge in [-0.15, -0.1) is 0 Å². The lowest BCUT2D eigenvalue weighted by molar-refractivity contribution is -0.135. The first-order chi connectivity index (χ1) is 7.26. The van der Waals surface area contributed by atoms with Gasteiger partial charge in [0.2, 0.25) is 11.8 Å². The fraction of sp³-hybridized carbons (Fsp3) is 0.818. The van der Waals surface area contributed by atoms with Crippen LogP contribution in [0.5, 0.6) is 0 Å². The molecule has 0 spiro atoms. The van der Waals surface area contributed by atoms with Gasteiger partial charge in [-0.1, -0.05) is 6.92 Å². The number of rotatable bonds is 6. The Morgan fingerprint density at radius 1 is 1.38 bits per heavy atom. The summed E-state index contributed by atoms with van der Waals surface area (Å²) in [7, 11) is 1.61. The van der Waals surface area contributed by atoms with E-state index in [1.165, 1.54) is 4.90 Å². The molecular weight excluding hydrogens is 206 g/mol. The summed E-state index contributed by atoms with van der Waals surface area (Å²) >= 11 is 0. The molecule has 0 saturated carbocycles. The van der Waals surface area contributed by atoms with Crippen LogP contribution < -0.4 is 11.1 Å². The van der Waals surface area contributed by atoms with Crippen molar-refractivity contribution in [3.63, 3.8) is 0 Å². The molecule has 0 heterocycles. The zero-order valence-corrected chi connectivity index (χ0v) is 10.7. The predicted octanol–water partition coefficient (Wildman–Crippen LogP) is 0.0984. The van der Waals surface area contributed by atoms with Crippen LogP contribution in [0.1, 0.15) is 33.6 Å². The normalized spacial score (nSPS) is 11.1. The van der Waals surface area contributed by atoms with Crippen molar-refractivity contribution >= 4 is 11.8 Å². The van der Waals surface area contributed by atoms with Crippen molar-refractivity contribution in [2.75, 3.05) is 20.1 Å². The van der Waals surface area contributed by atoms with Crippen LogP contribution in [0.25, 0.3) is 0 Å². The Morgan fingerprint density at radius 2 is 1.94 bits per heavy atom. The molecule has 5 heteroatoms. The van der Waals surface area contributed by atoms with E-state index in [1.807, 2.05) is 6.92 Å². The van der Waals surface area contributed by atoms with Gasteiger partial charge < -0.3 is 16.0 Å². The maximum atomic E-state index is 11.6. The van der Waals surface area contributed by atoms with Crippen molar-refractivity contribution in [3.8, 4) is 0 Å². The molecule has 0 aliphatic rings. The second kappa shape index (κ2) is 6.48. The van der Waals surface area contributed by atoms with Crippen molar-refractivity contribution in [2.45, 2.75) is 39.2 Å². The third-order valence-electron chi connectivity index (χ3n) is 1.99. The van der Waals surface area contributed by atoms with Crippen LogP contribution in [-0.2, 0) is 9.59 Å². The van der Waals surface area contributed by atoms with Crippen molar-refractivity contribution in [1.82, 2.24) is 10.2 Å². The Morgan fingerprint density at radius 3 is 2.38 bits per heavy atom. The number of amides is 2. The lowest BCUT2D eigenvalue weighted by Gasteiger charge is -2.22. The monoisotopic (exact) mass is 229 g/mol. The fourth-order valence-corrected chi connectivity index (χ4v) is 1.15. The molecule has 2 amide bonds. The average Bonchev–Trinajstić information content (AvgIpc) is 2.11. The van der Waals surface area contributed by atoms with Gasteiger partial charge in [-0.25, -0.2) is 0 Å². The highest BCUT2D eigenvalue weighted by Gasteiger charge is 2.20. The van der Waals surface area contributed by atoms with Crippen LogP contribution >= 0.6 is 0 Å². The first-order valence-electron chi connectivity index (χ1n) is 5.56. The second-order valence-corrected chi connectivity index (χ2v) is 4.77. The van der Waals surface area contributed by atoms with Gasteiger partial charge in [-0.3, -0.25) is 9.59 Å². The molecule has 0 atom stereocenters. The van der Waals surface area contributed by atoms with E-state index in [0.717, 1.165) is 6.42 Å². The van der Waals surface area contributed by atoms with Crippen molar-refractivity contribution in [1.29, 1.82) is 0 Å². The predicted molar refractivity (Wildman–Crippen MR) is 63.8 cm³/mol. The van der Waals surface area contributed by atoms with Crippen molar-refractivity contribution < 1.29 is 9.59 Å². The Bertz CT molecular complexity index is 246. The zero-order chi connectivity index (χ0) is 12.8. The minimum atomic E-state index is -0.536. The lowest BCUT2D eigenvalue weighted by atomic mass is 10.0. The molecule has 0 aromatic rings. The van der Waals surface area contributed by atoms with Crippen LogP contribution in [0.2, 0.25) is 0 Å². The van der Waals surface area contributed by atoms with E-state index in [0.29, 0.717) is 6.54 Å². The third-order valence-corrected chi connectivity index (χ3v) is 1.99. The van der Waals surface area contributed by atoms with Crippen LogP contribution in [0, 0.1) is 0 Å². The van der Waals surface area contributed by atoms with E-state index in [9.17, 15) is 9.59 Å². The molecular formula is C11H23N3O2. The fourth-order valence-electron chi connectivity index (χ4n) is 1.15. The summed E-state index contributed by atoms with van der Waals surface area (Å²) in [5, 5.41) is 2.72. The maximum absolute atomic E-state index is 11.6. The zero-order valence-electron chi connectivity index (χ0n) is 10.7. The topological polar surface area (TPSA) is 75.4 Å². The number of nitrogens with zero attached hydrogens (tertiary/aromatic N) is 1. The van der Waals surface area contributed by atoms with Crippen molar-refractivity contribution in [3.05, 3.63) is 0 Å². The number of carbonyl (C=O) groups is 2. The minimum absolute atomic E-state index is 0.0922. The van der Waals surface area contributed by atoms with Crippen molar-refractivity contribution in [2.24, 2.45) is 5.73 Å². The highest BCUT2D eigenvalue weighted by molar-refractivity contribution is 5.84. The largest absolute Gasteiger partial charge is 0.355 e. The van der Waals surface area contributed by atoms with E-state index >= 15 is 0 Å². The summed E-state index contributed by atoms with van der Waals surface area (Å²) in [4.78, 5) is 24.4. The number of hydrogen-bond acceptors (Lipinski definition) is 3. The summed E-state index contributed by atoms with van der Waals surface area (Å²) in [6.45, 7) is 6.29. The molecule has 0 aliphatic carbocycles. The van der Waals surface area contributed by atoms with Gasteiger partial charge in [0.05, 0.1) is 6.54 Å². The standard InChI is InChI=1S/C11H23N3O2/c1-5-6-13-9(15)8-14(4)10(16)7-11(2,3)12/h5-8,12H2,1-4H3,(H,13,15). The summed E-state index contributed by atoms with van der Waals surface area (Å²) in [5.41, 5.74) is 5.20. The Kier molecular flexibility index (Phi) is 6.03. The smallest absolute Gasteiger partial charge is 0.239 e. The molecule has 0 fully saturated rings. The van der Waals surface area contributed by atoms with E-state index < -0.39 is 5.54 Å². The van der Waals surface area contributed by atoms with E-state index in [2.05, 4.69) is 5.32 Å². The van der Waals surface area contributed by atoms with Gasteiger partial charge >= 0.3 is 0 Å². The van der Waals surface area contributed by atoms with E-state index in [4.69, 9.17) is 5.73 Å². The summed E-state index contributed by atoms with van der Waals surface area (Å²) < 4.78 is 0. The molecule has 0 rings (SSSR count). The Hall–Kier alpha value is -1.10. The first kappa shape index (κ1) is 14.9. The van der Waals surface area contributed by atoms with Crippen LogP contribution in [-0.4, -0.2) is 42.4 Å². The molecule has 94 valence electrons. The van der Waals surface area contributed by atoms with Gasteiger partial charge in [-0.05, 0) is 20.3 Å². The van der Waals surface area contributed by atoms with Gasteiger partial charge in [0, 0.05) is 25.6 Å². The van der Waals surface area contributed by atoms with E-state index in [-0.39, 0.29) is 24.8 Å². The molecule has 0 unspecified atom stereocenters. The van der Waals surface area contributed by atoms with Crippen LogP contribution in [0.3, 0.4) is 0 Å². The number of nitrogens with two attached hydrogens (primary N) is 1. The minimum Gasteiger partial charge on any atom is -0.355 e. The van der Waals surface area contributed by atoms with Crippen LogP contribution in [0.15, 0.2) is 0 Å². The SMILES string of the molecule is CCCNC(=O)CN(C)C(=O)CC(C)(C)N. The molecule has 0 aliphatic heterocycles. The first-order valence-corrected chi connectivity index (χ1v) is 5.56. The van der Waals surface area contributed by atoms with Gasteiger partial charge in [0.15, 0.2) is 0 Å². The van der Waals surface area contributed by atoms with Gasteiger partial charge in [-0.2, -0.15) is 0 Å². The Labute approximate surface area is 97.4 Å². The number of nitrogens with one attached hydrogen (secondary N) is 1. The molecule has 0 aromatic carbocycles. The summed E-state index contributed by atoms with van der Waals surface area (Å²) in [6, 6.07) is 0. The molecule has 0 saturated heterocycles. The number of hydrogen-bond donors (Lipinski definition) is 2. The molecule has 0 radical (unpaired) electrons. The van der Waals surface area contributed by atoms with Crippen LogP contribution in [0.4, 0.5) is 0 Å². The quantitative estimate of drug-likeness (QED) is 0.678. The Balaban J connectivity index is 4.01. The molecule has 5 nitrogen and oxygen atoms in total.